The fourth-order valence-corrected chi connectivity index (χ4v) is 5.30. The topological polar surface area (TPSA) is 135 Å². The zero-order chi connectivity index (χ0) is 30.7. The molecule has 0 radical (unpaired) electrons. The number of aromatic nitrogens is 2. The minimum atomic E-state index is -3.15. The summed E-state index contributed by atoms with van der Waals surface area (Å²) in [5.41, 5.74) is 0.603. The number of pyridine rings is 1. The number of rotatable bonds is 12. The van der Waals surface area contributed by atoms with Gasteiger partial charge < -0.3 is 34.6 Å². The van der Waals surface area contributed by atoms with Gasteiger partial charge >= 0.3 is 12.6 Å². The van der Waals surface area contributed by atoms with Gasteiger partial charge in [0.2, 0.25) is 0 Å². The standard InChI is InChI=1S/C30H36F2N4O7/c1-3-42-28(39)30(40)8-12-35(13-9-30)10-7-22(37)18-6-11-36-21(17-33-25(36)16-18)19-14-23(41-2)26(24(15-19)43-29(31)32)27(38)34-20-4-5-20/h6,11,14-17,20,22,29,37,40H,3-5,7-10,12-13H2,1-2H3,(H,34,38). The molecule has 3 heterocycles. The average molecular weight is 603 g/mol. The van der Waals surface area contributed by atoms with Gasteiger partial charge in [-0.3, -0.25) is 9.20 Å². The minimum absolute atomic E-state index is 0.00999. The molecule has 1 aliphatic carbocycles. The van der Waals surface area contributed by atoms with Crippen LogP contribution in [0.25, 0.3) is 16.9 Å². The molecule has 1 amide bonds. The first-order valence-corrected chi connectivity index (χ1v) is 14.4. The molecule has 232 valence electrons. The lowest BCUT2D eigenvalue weighted by atomic mass is 9.91. The molecule has 1 unspecified atom stereocenters. The molecule has 2 aromatic heterocycles. The van der Waals surface area contributed by atoms with E-state index in [1.165, 1.54) is 13.2 Å². The van der Waals surface area contributed by atoms with E-state index in [9.17, 15) is 28.6 Å². The number of benzene rings is 1. The largest absolute Gasteiger partial charge is 0.496 e. The zero-order valence-electron chi connectivity index (χ0n) is 24.1. The van der Waals surface area contributed by atoms with Crippen molar-refractivity contribution in [1.82, 2.24) is 19.6 Å². The van der Waals surface area contributed by atoms with Crippen molar-refractivity contribution in [2.45, 2.75) is 63.4 Å². The number of hydrogen-bond acceptors (Lipinski definition) is 9. The predicted molar refractivity (Wildman–Crippen MR) is 151 cm³/mol. The van der Waals surface area contributed by atoms with E-state index in [0.717, 1.165) is 12.8 Å². The number of esters is 1. The summed E-state index contributed by atoms with van der Waals surface area (Å²) in [5.74, 6) is -1.35. The Morgan fingerprint density at radius 3 is 2.56 bits per heavy atom. The normalized spacial score (nSPS) is 17.6. The molecular formula is C30H36F2N4O7. The third-order valence-electron chi connectivity index (χ3n) is 7.92. The number of halogens is 2. The van der Waals surface area contributed by atoms with Crippen molar-refractivity contribution in [2.24, 2.45) is 0 Å². The molecule has 11 nitrogen and oxygen atoms in total. The number of carbonyl (C=O) groups is 2. The molecule has 0 bridgehead atoms. The van der Waals surface area contributed by atoms with Gasteiger partial charge in [0.05, 0.1) is 31.7 Å². The number of carbonyl (C=O) groups excluding carboxylic acids is 2. The maximum Gasteiger partial charge on any atom is 0.387 e. The molecule has 3 N–H and O–H groups in total. The SMILES string of the molecule is CCOC(=O)C1(O)CCN(CCC(O)c2ccn3c(-c4cc(OC)c(C(=O)NC5CC5)c(OC(F)F)c4)cnc3c2)CC1. The van der Waals surface area contributed by atoms with Crippen molar-refractivity contribution >= 4 is 17.5 Å². The summed E-state index contributed by atoms with van der Waals surface area (Å²) in [4.78, 5) is 31.4. The number of nitrogens with one attached hydrogen (secondary N) is 1. The molecule has 1 aromatic carbocycles. The van der Waals surface area contributed by atoms with Gasteiger partial charge in [0, 0.05) is 37.4 Å². The molecule has 2 aliphatic rings. The number of fused-ring (bicyclic) bond motifs is 1. The monoisotopic (exact) mass is 602 g/mol. The highest BCUT2D eigenvalue weighted by Crippen LogP contribution is 2.37. The molecule has 2 fully saturated rings. The van der Waals surface area contributed by atoms with E-state index in [-0.39, 0.29) is 42.6 Å². The minimum Gasteiger partial charge on any atom is -0.496 e. The Kier molecular flexibility index (Phi) is 9.13. The number of alkyl halides is 2. The van der Waals surface area contributed by atoms with Crippen LogP contribution in [0.3, 0.4) is 0 Å². The van der Waals surface area contributed by atoms with Gasteiger partial charge in [-0.25, -0.2) is 9.78 Å². The Morgan fingerprint density at radius 1 is 1.19 bits per heavy atom. The highest BCUT2D eigenvalue weighted by atomic mass is 19.3. The predicted octanol–water partition coefficient (Wildman–Crippen LogP) is 3.32. The summed E-state index contributed by atoms with van der Waals surface area (Å²) >= 11 is 0. The van der Waals surface area contributed by atoms with E-state index < -0.39 is 30.2 Å². The summed E-state index contributed by atoms with van der Waals surface area (Å²) in [6.07, 6.45) is 5.13. The fraction of sp³-hybridized carbons (Fsp3) is 0.500. The van der Waals surface area contributed by atoms with Crippen LogP contribution in [0.5, 0.6) is 11.5 Å². The lowest BCUT2D eigenvalue weighted by Gasteiger charge is -2.36. The lowest BCUT2D eigenvalue weighted by Crippen LogP contribution is -2.50. The number of hydrogen-bond donors (Lipinski definition) is 3. The zero-order valence-corrected chi connectivity index (χ0v) is 24.1. The maximum atomic E-state index is 13.3. The van der Waals surface area contributed by atoms with Crippen molar-refractivity contribution in [1.29, 1.82) is 0 Å². The molecule has 1 saturated carbocycles. The summed E-state index contributed by atoms with van der Waals surface area (Å²) in [7, 11) is 1.35. The summed E-state index contributed by atoms with van der Waals surface area (Å²) < 4.78 is 43.5. The van der Waals surface area contributed by atoms with Crippen molar-refractivity contribution in [3.8, 4) is 22.8 Å². The number of aliphatic hydroxyl groups excluding tert-OH is 1. The summed E-state index contributed by atoms with van der Waals surface area (Å²) in [6.45, 7) is 0.351. The number of imidazole rings is 1. The Balaban J connectivity index is 1.30. The first kappa shape index (κ1) is 30.6. The molecule has 1 saturated heterocycles. The molecular weight excluding hydrogens is 566 g/mol. The lowest BCUT2D eigenvalue weighted by molar-refractivity contribution is -0.170. The second-order valence-corrected chi connectivity index (χ2v) is 10.9. The van der Waals surface area contributed by atoms with Gasteiger partial charge in [0.1, 0.15) is 22.7 Å². The van der Waals surface area contributed by atoms with E-state index in [0.29, 0.717) is 48.5 Å². The van der Waals surface area contributed by atoms with Crippen LogP contribution in [0.1, 0.15) is 61.1 Å². The first-order chi connectivity index (χ1) is 20.6. The quantitative estimate of drug-likeness (QED) is 0.267. The summed E-state index contributed by atoms with van der Waals surface area (Å²) in [5, 5.41) is 24.2. The molecule has 1 aliphatic heterocycles. The number of aliphatic hydroxyl groups is 2. The maximum absolute atomic E-state index is 13.3. The van der Waals surface area contributed by atoms with Crippen LogP contribution >= 0.6 is 0 Å². The number of ether oxygens (including phenoxy) is 3. The number of piperidine rings is 1. The second-order valence-electron chi connectivity index (χ2n) is 10.9. The Labute approximate surface area is 247 Å². The highest BCUT2D eigenvalue weighted by Gasteiger charge is 2.40. The molecule has 43 heavy (non-hydrogen) atoms. The first-order valence-electron chi connectivity index (χ1n) is 14.4. The highest BCUT2D eigenvalue weighted by molar-refractivity contribution is 6.01. The Morgan fingerprint density at radius 2 is 1.91 bits per heavy atom. The molecule has 13 heteroatoms. The number of nitrogens with zero attached hydrogens (tertiary/aromatic N) is 3. The van der Waals surface area contributed by atoms with Crippen LogP contribution in [0.2, 0.25) is 0 Å². The molecule has 0 spiro atoms. The smallest absolute Gasteiger partial charge is 0.387 e. The van der Waals surface area contributed by atoms with Crippen molar-refractivity contribution in [2.75, 3.05) is 33.4 Å². The van der Waals surface area contributed by atoms with E-state index in [1.807, 2.05) is 0 Å². The van der Waals surface area contributed by atoms with Gasteiger partial charge in [-0.2, -0.15) is 8.78 Å². The molecule has 1 atom stereocenters. The van der Waals surface area contributed by atoms with Crippen LogP contribution < -0.4 is 14.8 Å². The average Bonchev–Trinajstić information content (AvgIpc) is 3.70. The van der Waals surface area contributed by atoms with Gasteiger partial charge in [0.15, 0.2) is 5.60 Å². The second kappa shape index (κ2) is 12.8. The van der Waals surface area contributed by atoms with E-state index in [4.69, 9.17) is 14.2 Å². The van der Waals surface area contributed by atoms with Crippen LogP contribution in [-0.2, 0) is 9.53 Å². The fourth-order valence-electron chi connectivity index (χ4n) is 5.30. The van der Waals surface area contributed by atoms with Crippen LogP contribution in [-0.4, -0.2) is 88.0 Å². The third-order valence-corrected chi connectivity index (χ3v) is 7.92. The van der Waals surface area contributed by atoms with E-state index >= 15 is 0 Å². The third kappa shape index (κ3) is 6.89. The Bertz CT molecular complexity index is 1470. The number of amides is 1. The van der Waals surface area contributed by atoms with E-state index in [1.54, 1.807) is 41.9 Å². The van der Waals surface area contributed by atoms with Crippen LogP contribution in [0.15, 0.2) is 36.7 Å². The summed E-state index contributed by atoms with van der Waals surface area (Å²) in [6, 6.07) is 6.45. The van der Waals surface area contributed by atoms with Gasteiger partial charge in [-0.1, -0.05) is 0 Å². The van der Waals surface area contributed by atoms with Gasteiger partial charge in [-0.05, 0) is 68.9 Å². The number of methoxy groups -OCH3 is 1. The van der Waals surface area contributed by atoms with Crippen molar-refractivity contribution in [3.63, 3.8) is 0 Å². The van der Waals surface area contributed by atoms with Crippen LogP contribution in [0, 0.1) is 0 Å². The Hall–Kier alpha value is -3.81. The van der Waals surface area contributed by atoms with Gasteiger partial charge in [-0.15, -0.1) is 0 Å². The number of likely N-dealkylation sites (tertiary alicyclic amines) is 1. The van der Waals surface area contributed by atoms with Crippen molar-refractivity contribution in [3.05, 3.63) is 47.8 Å². The molecule has 3 aromatic rings. The van der Waals surface area contributed by atoms with E-state index in [2.05, 4.69) is 15.2 Å². The van der Waals surface area contributed by atoms with Crippen LogP contribution in [0.4, 0.5) is 8.78 Å². The molecule has 5 rings (SSSR count). The van der Waals surface area contributed by atoms with Crippen molar-refractivity contribution < 1.29 is 42.8 Å². The van der Waals surface area contributed by atoms with Gasteiger partial charge in [0.25, 0.3) is 5.91 Å².